The second-order valence-corrected chi connectivity index (χ2v) is 5.48. The highest BCUT2D eigenvalue weighted by Gasteiger charge is 2.23. The summed E-state index contributed by atoms with van der Waals surface area (Å²) in [5.74, 6) is 0. The van der Waals surface area contributed by atoms with Crippen LogP contribution in [0.5, 0.6) is 0 Å². The summed E-state index contributed by atoms with van der Waals surface area (Å²) in [4.78, 5) is 15.5. The minimum atomic E-state index is -0.234. The molecule has 0 aliphatic rings. The molecular formula is C16H21N3OS. The van der Waals surface area contributed by atoms with Gasteiger partial charge in [-0.1, -0.05) is 36.9 Å². The van der Waals surface area contributed by atoms with E-state index >= 15 is 0 Å². The number of nitriles is 1. The Bertz CT molecular complexity index is 522. The van der Waals surface area contributed by atoms with Gasteiger partial charge in [0, 0.05) is 12.6 Å². The third-order valence-electron chi connectivity index (χ3n) is 3.12. The highest BCUT2D eigenvalue weighted by Crippen LogP contribution is 2.14. The minimum absolute atomic E-state index is 0.0518. The Balaban J connectivity index is 2.79. The van der Waals surface area contributed by atoms with Crippen molar-refractivity contribution in [3.63, 3.8) is 0 Å². The molecule has 2 amide bonds. The summed E-state index contributed by atoms with van der Waals surface area (Å²) in [5.41, 5.74) is 1.14. The summed E-state index contributed by atoms with van der Waals surface area (Å²) in [5, 5.41) is 9.25. The summed E-state index contributed by atoms with van der Waals surface area (Å²) >= 11 is 4.21. The van der Waals surface area contributed by atoms with E-state index < -0.39 is 0 Å². The molecule has 1 aromatic rings. The molecular weight excluding hydrogens is 282 g/mol. The van der Waals surface area contributed by atoms with Crippen molar-refractivity contribution in [1.82, 2.24) is 9.80 Å². The zero-order valence-corrected chi connectivity index (χ0v) is 13.4. The number of amides is 2. The zero-order valence-electron chi connectivity index (χ0n) is 12.5. The van der Waals surface area contributed by atoms with E-state index in [-0.39, 0.29) is 18.6 Å². The average molecular weight is 303 g/mol. The molecule has 0 aliphatic heterocycles. The SMILES string of the molecule is C=C(S)N(CCc1ccccc1)C(=O)N(CC#N)C(C)C. The number of nitrogens with zero attached hydrogens (tertiary/aromatic N) is 3. The van der Waals surface area contributed by atoms with Gasteiger partial charge in [-0.25, -0.2) is 4.79 Å². The molecule has 0 fully saturated rings. The zero-order chi connectivity index (χ0) is 15.8. The Morgan fingerprint density at radius 3 is 2.48 bits per heavy atom. The van der Waals surface area contributed by atoms with Crippen LogP contribution in [-0.2, 0) is 6.42 Å². The highest BCUT2D eigenvalue weighted by molar-refractivity contribution is 7.84. The van der Waals surface area contributed by atoms with Crippen LogP contribution in [-0.4, -0.2) is 35.0 Å². The lowest BCUT2D eigenvalue weighted by Crippen LogP contribution is -2.46. The van der Waals surface area contributed by atoms with Crippen LogP contribution in [0.3, 0.4) is 0 Å². The van der Waals surface area contributed by atoms with Crippen molar-refractivity contribution in [2.75, 3.05) is 13.1 Å². The number of hydrogen-bond donors (Lipinski definition) is 1. The average Bonchev–Trinajstić information content (AvgIpc) is 2.45. The predicted molar refractivity (Wildman–Crippen MR) is 87.8 cm³/mol. The van der Waals surface area contributed by atoms with Crippen molar-refractivity contribution < 1.29 is 4.79 Å². The highest BCUT2D eigenvalue weighted by atomic mass is 32.1. The van der Waals surface area contributed by atoms with Crippen molar-refractivity contribution in [2.24, 2.45) is 0 Å². The van der Waals surface area contributed by atoms with Gasteiger partial charge in [-0.15, -0.1) is 12.6 Å². The lowest BCUT2D eigenvalue weighted by atomic mass is 10.1. The first kappa shape index (κ1) is 17.1. The topological polar surface area (TPSA) is 47.3 Å². The van der Waals surface area contributed by atoms with E-state index in [1.807, 2.05) is 50.2 Å². The smallest absolute Gasteiger partial charge is 0.309 e. The summed E-state index contributed by atoms with van der Waals surface area (Å²) in [6.45, 7) is 8.05. The predicted octanol–water partition coefficient (Wildman–Crippen LogP) is 3.29. The van der Waals surface area contributed by atoms with E-state index in [9.17, 15) is 4.79 Å². The molecule has 0 aromatic heterocycles. The van der Waals surface area contributed by atoms with Crippen LogP contribution < -0.4 is 0 Å². The Morgan fingerprint density at radius 2 is 2.00 bits per heavy atom. The van der Waals surface area contributed by atoms with Gasteiger partial charge in [-0.3, -0.25) is 4.90 Å². The fraction of sp³-hybridized carbons (Fsp3) is 0.375. The lowest BCUT2D eigenvalue weighted by molar-refractivity contribution is 0.162. The number of hydrogen-bond acceptors (Lipinski definition) is 3. The van der Waals surface area contributed by atoms with E-state index in [4.69, 9.17) is 5.26 Å². The summed E-state index contributed by atoms with van der Waals surface area (Å²) < 4.78 is 0. The van der Waals surface area contributed by atoms with Gasteiger partial charge < -0.3 is 4.90 Å². The molecule has 0 atom stereocenters. The number of benzene rings is 1. The van der Waals surface area contributed by atoms with Gasteiger partial charge in [-0.05, 0) is 25.8 Å². The molecule has 21 heavy (non-hydrogen) atoms. The molecule has 4 nitrogen and oxygen atoms in total. The van der Waals surface area contributed by atoms with E-state index in [1.54, 1.807) is 0 Å². The van der Waals surface area contributed by atoms with Gasteiger partial charge in [0.1, 0.15) is 6.54 Å². The Hall–Kier alpha value is -1.93. The number of rotatable bonds is 6. The molecule has 1 rings (SSSR count). The second-order valence-electron chi connectivity index (χ2n) is 4.97. The Kier molecular flexibility index (Phi) is 6.83. The van der Waals surface area contributed by atoms with E-state index in [0.717, 1.165) is 5.56 Å². The normalized spacial score (nSPS) is 10.0. The van der Waals surface area contributed by atoms with Crippen LogP contribution in [0.2, 0.25) is 0 Å². The molecule has 0 spiro atoms. The van der Waals surface area contributed by atoms with Crippen LogP contribution in [0.25, 0.3) is 0 Å². The molecule has 0 bridgehead atoms. The van der Waals surface area contributed by atoms with E-state index in [1.165, 1.54) is 9.80 Å². The van der Waals surface area contributed by atoms with E-state index in [0.29, 0.717) is 18.0 Å². The standard InChI is InChI=1S/C16H21N3OS/c1-13(2)18(12-10-17)16(20)19(14(3)21)11-9-15-7-5-4-6-8-15/h4-8,13,21H,3,9,11-12H2,1-2H3. The molecule has 5 heteroatoms. The number of urea groups is 1. The van der Waals surface area contributed by atoms with Crippen LogP contribution in [0.1, 0.15) is 19.4 Å². The van der Waals surface area contributed by atoms with Gasteiger partial charge in [-0.2, -0.15) is 5.26 Å². The summed E-state index contributed by atoms with van der Waals surface area (Å²) in [6.07, 6.45) is 0.713. The summed E-state index contributed by atoms with van der Waals surface area (Å²) in [6, 6.07) is 11.6. The maximum absolute atomic E-state index is 12.5. The largest absolute Gasteiger partial charge is 0.325 e. The van der Waals surface area contributed by atoms with Gasteiger partial charge in [0.15, 0.2) is 0 Å². The molecule has 0 saturated carbocycles. The molecule has 112 valence electrons. The second kappa shape index (κ2) is 8.38. The fourth-order valence-electron chi connectivity index (χ4n) is 1.92. The molecule has 1 aromatic carbocycles. The Morgan fingerprint density at radius 1 is 1.38 bits per heavy atom. The number of carbonyl (C=O) groups is 1. The molecule has 0 saturated heterocycles. The van der Waals surface area contributed by atoms with Crippen LogP contribution >= 0.6 is 12.6 Å². The molecule has 0 aliphatic carbocycles. The lowest BCUT2D eigenvalue weighted by Gasteiger charge is -2.31. The van der Waals surface area contributed by atoms with Crippen molar-refractivity contribution in [2.45, 2.75) is 26.3 Å². The van der Waals surface area contributed by atoms with Gasteiger partial charge in [0.2, 0.25) is 0 Å². The third-order valence-corrected chi connectivity index (χ3v) is 3.36. The third kappa shape index (κ3) is 5.16. The van der Waals surface area contributed by atoms with Crippen molar-refractivity contribution in [3.8, 4) is 6.07 Å². The first-order valence-corrected chi connectivity index (χ1v) is 7.29. The van der Waals surface area contributed by atoms with Gasteiger partial charge in [0.25, 0.3) is 0 Å². The molecule has 0 radical (unpaired) electrons. The van der Waals surface area contributed by atoms with Crippen molar-refractivity contribution in [3.05, 3.63) is 47.5 Å². The first-order valence-electron chi connectivity index (χ1n) is 6.84. The summed E-state index contributed by atoms with van der Waals surface area (Å²) in [7, 11) is 0. The van der Waals surface area contributed by atoms with Crippen molar-refractivity contribution in [1.29, 1.82) is 5.26 Å². The number of carbonyl (C=O) groups excluding carboxylic acids is 1. The number of thiol groups is 1. The molecule has 0 N–H and O–H groups in total. The maximum atomic E-state index is 12.5. The van der Waals surface area contributed by atoms with Crippen molar-refractivity contribution >= 4 is 18.7 Å². The van der Waals surface area contributed by atoms with Gasteiger partial charge >= 0.3 is 6.03 Å². The monoisotopic (exact) mass is 303 g/mol. The molecule has 0 heterocycles. The van der Waals surface area contributed by atoms with Crippen LogP contribution in [0.4, 0.5) is 4.79 Å². The first-order chi connectivity index (χ1) is 9.97. The fourth-order valence-corrected chi connectivity index (χ4v) is 2.11. The quantitative estimate of drug-likeness (QED) is 0.647. The van der Waals surface area contributed by atoms with Crippen LogP contribution in [0, 0.1) is 11.3 Å². The van der Waals surface area contributed by atoms with E-state index in [2.05, 4.69) is 19.2 Å². The van der Waals surface area contributed by atoms with Crippen LogP contribution in [0.15, 0.2) is 41.9 Å². The maximum Gasteiger partial charge on any atom is 0.325 e. The van der Waals surface area contributed by atoms with Gasteiger partial charge in [0.05, 0.1) is 11.1 Å². The molecule has 0 unspecified atom stereocenters. The minimum Gasteiger partial charge on any atom is -0.309 e. The Labute approximate surface area is 132 Å².